The lowest BCUT2D eigenvalue weighted by molar-refractivity contribution is 0.802. The number of benzene rings is 3. The number of halogens is 1. The largest absolute Gasteiger partial charge is 0.0654 e. The highest BCUT2D eigenvalue weighted by Crippen LogP contribution is 2.36. The SMILES string of the molecule is CCCCc1c2ccccc2c(Br)c2ccccc12. The summed E-state index contributed by atoms with van der Waals surface area (Å²) in [5.41, 5.74) is 1.50. The predicted octanol–water partition coefficient (Wildman–Crippen LogP) is 6.10. The lowest BCUT2D eigenvalue weighted by Gasteiger charge is -2.13. The Morgan fingerprint density at radius 2 is 1.26 bits per heavy atom. The van der Waals surface area contributed by atoms with E-state index in [1.54, 1.807) is 0 Å². The van der Waals surface area contributed by atoms with Gasteiger partial charge >= 0.3 is 0 Å². The Kier molecular flexibility index (Phi) is 3.56. The smallest absolute Gasteiger partial charge is 0.0332 e. The van der Waals surface area contributed by atoms with Crippen LogP contribution in [0.4, 0.5) is 0 Å². The molecular formula is C18H17Br. The van der Waals surface area contributed by atoms with E-state index >= 15 is 0 Å². The summed E-state index contributed by atoms with van der Waals surface area (Å²) in [5.74, 6) is 0. The van der Waals surface area contributed by atoms with Gasteiger partial charge in [-0.2, -0.15) is 0 Å². The summed E-state index contributed by atoms with van der Waals surface area (Å²) in [7, 11) is 0. The van der Waals surface area contributed by atoms with Crippen LogP contribution >= 0.6 is 15.9 Å². The number of fused-ring (bicyclic) bond motifs is 2. The molecule has 19 heavy (non-hydrogen) atoms. The van der Waals surface area contributed by atoms with Gasteiger partial charge in [0.1, 0.15) is 0 Å². The molecule has 0 aliphatic heterocycles. The molecule has 0 saturated heterocycles. The van der Waals surface area contributed by atoms with Gasteiger partial charge in [-0.25, -0.2) is 0 Å². The summed E-state index contributed by atoms with van der Waals surface area (Å²) in [5, 5.41) is 5.43. The first-order chi connectivity index (χ1) is 9.33. The van der Waals surface area contributed by atoms with Crippen LogP contribution in [0, 0.1) is 0 Å². The lowest BCUT2D eigenvalue weighted by atomic mass is 9.93. The van der Waals surface area contributed by atoms with Gasteiger partial charge in [-0.05, 0) is 55.9 Å². The summed E-state index contributed by atoms with van der Waals surface area (Å²) >= 11 is 3.78. The standard InChI is InChI=1S/C18H17Br/c1-2-3-8-13-14-9-4-6-11-16(14)18(19)17-12-7-5-10-15(13)17/h4-7,9-12H,2-3,8H2,1H3. The fourth-order valence-corrected chi connectivity index (χ4v) is 3.48. The predicted molar refractivity (Wildman–Crippen MR) is 87.8 cm³/mol. The van der Waals surface area contributed by atoms with Crippen LogP contribution in [0.15, 0.2) is 53.0 Å². The average Bonchev–Trinajstić information content (AvgIpc) is 2.47. The van der Waals surface area contributed by atoms with Crippen LogP contribution in [-0.4, -0.2) is 0 Å². The summed E-state index contributed by atoms with van der Waals surface area (Å²) in [6.45, 7) is 2.25. The van der Waals surface area contributed by atoms with E-state index in [0.29, 0.717) is 0 Å². The number of rotatable bonds is 3. The summed E-state index contributed by atoms with van der Waals surface area (Å²) in [6, 6.07) is 17.4. The van der Waals surface area contributed by atoms with Gasteiger partial charge in [0.25, 0.3) is 0 Å². The molecule has 3 aromatic carbocycles. The first-order valence-electron chi connectivity index (χ1n) is 6.90. The van der Waals surface area contributed by atoms with E-state index in [2.05, 4.69) is 71.4 Å². The van der Waals surface area contributed by atoms with Crippen LogP contribution in [0.5, 0.6) is 0 Å². The first kappa shape index (κ1) is 12.7. The molecule has 0 aromatic heterocycles. The van der Waals surface area contributed by atoms with Crippen LogP contribution < -0.4 is 0 Å². The third-order valence-corrected chi connectivity index (χ3v) is 4.61. The third kappa shape index (κ3) is 2.17. The number of aryl methyl sites for hydroxylation is 1. The van der Waals surface area contributed by atoms with Crippen LogP contribution in [0.25, 0.3) is 21.5 Å². The Morgan fingerprint density at radius 1 is 0.789 bits per heavy atom. The third-order valence-electron chi connectivity index (χ3n) is 3.76. The molecule has 0 heterocycles. The van der Waals surface area contributed by atoms with Crippen molar-refractivity contribution in [1.29, 1.82) is 0 Å². The summed E-state index contributed by atoms with van der Waals surface area (Å²) in [6.07, 6.45) is 3.64. The molecular weight excluding hydrogens is 296 g/mol. The van der Waals surface area contributed by atoms with Crippen molar-refractivity contribution in [3.63, 3.8) is 0 Å². The van der Waals surface area contributed by atoms with E-state index in [0.717, 1.165) is 6.42 Å². The Labute approximate surface area is 122 Å². The van der Waals surface area contributed by atoms with E-state index in [-0.39, 0.29) is 0 Å². The van der Waals surface area contributed by atoms with Crippen LogP contribution in [-0.2, 0) is 6.42 Å². The Morgan fingerprint density at radius 3 is 1.74 bits per heavy atom. The molecule has 0 N–H and O–H groups in total. The molecule has 0 aliphatic carbocycles. The maximum Gasteiger partial charge on any atom is 0.0332 e. The molecule has 0 atom stereocenters. The van der Waals surface area contributed by atoms with Crippen molar-refractivity contribution < 1.29 is 0 Å². The van der Waals surface area contributed by atoms with Gasteiger partial charge in [0.2, 0.25) is 0 Å². The van der Waals surface area contributed by atoms with Crippen LogP contribution in [0.3, 0.4) is 0 Å². The van der Waals surface area contributed by atoms with E-state index in [4.69, 9.17) is 0 Å². The fraction of sp³-hybridized carbons (Fsp3) is 0.222. The quantitative estimate of drug-likeness (QED) is 0.513. The lowest BCUT2D eigenvalue weighted by Crippen LogP contribution is -1.91. The highest BCUT2D eigenvalue weighted by Gasteiger charge is 2.10. The molecule has 0 aliphatic rings. The average molecular weight is 313 g/mol. The topological polar surface area (TPSA) is 0 Å². The van der Waals surface area contributed by atoms with E-state index in [1.165, 1.54) is 44.4 Å². The van der Waals surface area contributed by atoms with E-state index < -0.39 is 0 Å². The highest BCUT2D eigenvalue weighted by atomic mass is 79.9. The van der Waals surface area contributed by atoms with Crippen molar-refractivity contribution >= 4 is 37.5 Å². The molecule has 0 bridgehead atoms. The normalized spacial score (nSPS) is 11.3. The Balaban J connectivity index is 2.42. The number of unbranched alkanes of at least 4 members (excludes halogenated alkanes) is 1. The first-order valence-corrected chi connectivity index (χ1v) is 7.70. The van der Waals surface area contributed by atoms with Gasteiger partial charge in [0, 0.05) is 4.47 Å². The Bertz CT molecular complexity index is 671. The van der Waals surface area contributed by atoms with Gasteiger partial charge in [-0.15, -0.1) is 0 Å². The number of hydrogen-bond donors (Lipinski definition) is 0. The van der Waals surface area contributed by atoms with Crippen molar-refractivity contribution in [1.82, 2.24) is 0 Å². The van der Waals surface area contributed by atoms with Crippen molar-refractivity contribution in [2.45, 2.75) is 26.2 Å². The van der Waals surface area contributed by atoms with E-state index in [9.17, 15) is 0 Å². The molecule has 3 rings (SSSR count). The van der Waals surface area contributed by atoms with Crippen molar-refractivity contribution in [3.05, 3.63) is 58.6 Å². The highest BCUT2D eigenvalue weighted by molar-refractivity contribution is 9.10. The maximum absolute atomic E-state index is 3.78. The van der Waals surface area contributed by atoms with Gasteiger partial charge in [0.05, 0.1) is 0 Å². The van der Waals surface area contributed by atoms with Crippen LogP contribution in [0.1, 0.15) is 25.3 Å². The second-order valence-corrected chi connectivity index (χ2v) is 5.78. The molecule has 96 valence electrons. The summed E-state index contributed by atoms with van der Waals surface area (Å²) in [4.78, 5) is 0. The number of hydrogen-bond acceptors (Lipinski definition) is 0. The molecule has 0 nitrogen and oxygen atoms in total. The monoisotopic (exact) mass is 312 g/mol. The molecule has 0 amide bonds. The molecule has 0 unspecified atom stereocenters. The van der Waals surface area contributed by atoms with Crippen molar-refractivity contribution in [3.8, 4) is 0 Å². The molecule has 1 heteroatoms. The maximum atomic E-state index is 3.78. The summed E-state index contributed by atoms with van der Waals surface area (Å²) < 4.78 is 1.22. The minimum absolute atomic E-state index is 1.16. The molecule has 0 spiro atoms. The van der Waals surface area contributed by atoms with E-state index in [1.807, 2.05) is 0 Å². The zero-order valence-electron chi connectivity index (χ0n) is 11.1. The molecule has 0 radical (unpaired) electrons. The minimum Gasteiger partial charge on any atom is -0.0654 e. The fourth-order valence-electron chi connectivity index (χ4n) is 2.79. The molecule has 0 fully saturated rings. The van der Waals surface area contributed by atoms with Gasteiger partial charge in [-0.1, -0.05) is 61.9 Å². The van der Waals surface area contributed by atoms with Gasteiger partial charge in [-0.3, -0.25) is 0 Å². The molecule has 3 aromatic rings. The van der Waals surface area contributed by atoms with Gasteiger partial charge in [0.15, 0.2) is 0 Å². The van der Waals surface area contributed by atoms with Crippen molar-refractivity contribution in [2.24, 2.45) is 0 Å². The Hall–Kier alpha value is -1.34. The van der Waals surface area contributed by atoms with Crippen molar-refractivity contribution in [2.75, 3.05) is 0 Å². The van der Waals surface area contributed by atoms with Crippen LogP contribution in [0.2, 0.25) is 0 Å². The molecule has 0 saturated carbocycles. The zero-order valence-corrected chi connectivity index (χ0v) is 12.7. The van der Waals surface area contributed by atoms with Gasteiger partial charge < -0.3 is 0 Å². The minimum atomic E-state index is 1.16. The second kappa shape index (κ2) is 5.34. The second-order valence-electron chi connectivity index (χ2n) is 4.99. The zero-order chi connectivity index (χ0) is 13.2.